The number of aliphatic hydroxyl groups is 1. The van der Waals surface area contributed by atoms with E-state index in [0.717, 1.165) is 25.6 Å². The summed E-state index contributed by atoms with van der Waals surface area (Å²) in [5, 5.41) is 22.9. The van der Waals surface area contributed by atoms with Crippen molar-refractivity contribution in [2.45, 2.75) is 83.1 Å². The minimum Gasteiger partial charge on any atom is -0.467 e. The molecule has 314 valence electrons. The number of aliphatic hydroxyl groups excluding tert-OH is 1. The summed E-state index contributed by atoms with van der Waals surface area (Å²) >= 11 is 0. The third kappa shape index (κ3) is 17.1. The number of benzene rings is 2. The van der Waals surface area contributed by atoms with Gasteiger partial charge in [0.05, 0.1) is 47.9 Å². The molecule has 0 aliphatic carbocycles. The van der Waals surface area contributed by atoms with E-state index in [0.29, 0.717) is 16.5 Å². The van der Waals surface area contributed by atoms with Crippen LogP contribution in [0.1, 0.15) is 62.4 Å². The van der Waals surface area contributed by atoms with Gasteiger partial charge in [-0.05, 0) is 56.2 Å². The zero-order chi connectivity index (χ0) is 42.7. The van der Waals surface area contributed by atoms with Crippen molar-refractivity contribution in [1.82, 2.24) is 31.5 Å². The van der Waals surface area contributed by atoms with Crippen LogP contribution in [0.4, 0.5) is 0 Å². The number of rotatable bonds is 23. The van der Waals surface area contributed by atoms with Crippen molar-refractivity contribution in [3.05, 3.63) is 71.8 Å². The van der Waals surface area contributed by atoms with Crippen molar-refractivity contribution in [2.75, 3.05) is 55.0 Å². The number of hydrogen-bond donors (Lipinski definition) is 6. The Morgan fingerprint density at radius 1 is 0.737 bits per heavy atom. The molecule has 0 spiro atoms. The van der Waals surface area contributed by atoms with E-state index in [9.17, 15) is 38.7 Å². The highest BCUT2D eigenvalue weighted by atomic mass is 16.5. The summed E-state index contributed by atoms with van der Waals surface area (Å²) in [5.41, 5.74) is 1.12. The first-order valence-corrected chi connectivity index (χ1v) is 19.2. The number of unbranched alkanes of at least 4 members (excludes halogenated alkanes) is 1. The Labute approximate surface area is 336 Å². The predicted molar refractivity (Wildman–Crippen MR) is 214 cm³/mol. The van der Waals surface area contributed by atoms with Gasteiger partial charge < -0.3 is 45.8 Å². The maximum absolute atomic E-state index is 13.9. The molecule has 0 saturated heterocycles. The third-order valence-corrected chi connectivity index (χ3v) is 9.20. The molecular formula is C41H62N7O9+. The first-order valence-electron chi connectivity index (χ1n) is 19.2. The fourth-order valence-electron chi connectivity index (χ4n) is 5.82. The fourth-order valence-corrected chi connectivity index (χ4v) is 5.82. The summed E-state index contributed by atoms with van der Waals surface area (Å²) in [6.07, 6.45) is 1.81. The second-order valence-electron chi connectivity index (χ2n) is 15.5. The number of nitrogens with zero attached hydrogens (tertiary/aromatic N) is 2. The van der Waals surface area contributed by atoms with E-state index in [1.807, 2.05) is 41.1 Å². The van der Waals surface area contributed by atoms with E-state index >= 15 is 0 Å². The molecule has 16 heteroatoms. The van der Waals surface area contributed by atoms with Gasteiger partial charge in [0.25, 0.3) is 5.91 Å². The van der Waals surface area contributed by atoms with Crippen LogP contribution in [0.3, 0.4) is 0 Å². The molecule has 2 aromatic carbocycles. The lowest BCUT2D eigenvalue weighted by molar-refractivity contribution is -0.870. The van der Waals surface area contributed by atoms with Crippen LogP contribution in [0, 0.1) is 5.92 Å². The van der Waals surface area contributed by atoms with Crippen molar-refractivity contribution in [3.63, 3.8) is 0 Å². The quantitative estimate of drug-likeness (QED) is 0.0526. The Morgan fingerprint density at radius 2 is 1.30 bits per heavy atom. The normalized spacial score (nSPS) is 13.9. The summed E-state index contributed by atoms with van der Waals surface area (Å²) in [6.45, 7) is 4.92. The highest BCUT2D eigenvalue weighted by Gasteiger charge is 2.34. The Hall–Kier alpha value is -5.35. The molecule has 2 aromatic rings. The first kappa shape index (κ1) is 47.8. The van der Waals surface area contributed by atoms with Crippen molar-refractivity contribution in [1.29, 1.82) is 0 Å². The van der Waals surface area contributed by atoms with Crippen molar-refractivity contribution in [3.8, 4) is 0 Å². The van der Waals surface area contributed by atoms with Gasteiger partial charge in [-0.1, -0.05) is 62.4 Å². The van der Waals surface area contributed by atoms with Gasteiger partial charge in [-0.3, -0.25) is 28.8 Å². The van der Waals surface area contributed by atoms with E-state index in [1.165, 1.54) is 18.9 Å². The lowest BCUT2D eigenvalue weighted by Gasteiger charge is -2.31. The van der Waals surface area contributed by atoms with Gasteiger partial charge in [0.1, 0.15) is 24.2 Å². The zero-order valence-electron chi connectivity index (χ0n) is 34.5. The van der Waals surface area contributed by atoms with Crippen molar-refractivity contribution < 1.29 is 47.9 Å². The van der Waals surface area contributed by atoms with E-state index in [-0.39, 0.29) is 25.2 Å². The third-order valence-electron chi connectivity index (χ3n) is 9.20. The van der Waals surface area contributed by atoms with Crippen LogP contribution in [0.2, 0.25) is 0 Å². The standard InChI is InChI=1S/C41H61N7O9/c1-27(2)23-32(39(54)44-31(21-15-16-22-48(5,6)7)38(53)46-34(26-49)41(56)57-8)45-36(51)28(3)47(4)40(55)33(24-29-17-11-9-12-18-29)43-35(50)25-42-37(52)30-19-13-10-14-20-30/h9-14,17-20,27-28,31-34,49H,15-16,21-26H2,1-8H3,(H4-,42,43,44,45,46,50,51,52,53,54)/p+1/t28-,31-,32-,33-,34-/m0/s1. The van der Waals surface area contributed by atoms with Gasteiger partial charge >= 0.3 is 5.97 Å². The van der Waals surface area contributed by atoms with Crippen LogP contribution in [0.15, 0.2) is 60.7 Å². The van der Waals surface area contributed by atoms with Crippen LogP contribution in [0.5, 0.6) is 0 Å². The zero-order valence-corrected chi connectivity index (χ0v) is 34.5. The molecule has 2 rings (SSSR count). The van der Waals surface area contributed by atoms with Gasteiger partial charge in [0, 0.05) is 19.0 Å². The molecule has 5 atom stereocenters. The molecule has 16 nitrogen and oxygen atoms in total. The average molecular weight is 797 g/mol. The molecule has 0 saturated carbocycles. The smallest absolute Gasteiger partial charge is 0.330 e. The second-order valence-corrected chi connectivity index (χ2v) is 15.5. The Balaban J connectivity index is 2.23. The van der Waals surface area contributed by atoms with E-state index in [1.54, 1.807) is 54.6 Å². The number of carbonyl (C=O) groups excluding carboxylic acids is 7. The fraction of sp³-hybridized carbons (Fsp3) is 0.537. The lowest BCUT2D eigenvalue weighted by Crippen LogP contribution is -2.59. The maximum atomic E-state index is 13.9. The number of carbonyl (C=O) groups is 7. The van der Waals surface area contributed by atoms with Crippen LogP contribution in [-0.4, -0.2) is 141 Å². The summed E-state index contributed by atoms with van der Waals surface area (Å²) in [6, 6.07) is 11.6. The average Bonchev–Trinajstić information content (AvgIpc) is 3.18. The summed E-state index contributed by atoms with van der Waals surface area (Å²) in [7, 11) is 8.65. The number of likely N-dealkylation sites (N-methyl/N-ethyl adjacent to an activating group) is 1. The molecule has 0 heterocycles. The van der Waals surface area contributed by atoms with Crippen molar-refractivity contribution in [2.24, 2.45) is 5.92 Å². The topological polar surface area (TPSA) is 212 Å². The van der Waals surface area contributed by atoms with Crippen LogP contribution in [0.25, 0.3) is 0 Å². The van der Waals surface area contributed by atoms with E-state index in [4.69, 9.17) is 0 Å². The van der Waals surface area contributed by atoms with E-state index < -0.39 is 84.8 Å². The Kier molecular flexibility index (Phi) is 19.8. The predicted octanol–water partition coefficient (Wildman–Crippen LogP) is 0.533. The number of hydrogen-bond acceptors (Lipinski definition) is 9. The molecule has 0 aliphatic rings. The van der Waals surface area contributed by atoms with Gasteiger partial charge in [-0.2, -0.15) is 0 Å². The van der Waals surface area contributed by atoms with E-state index in [2.05, 4.69) is 31.3 Å². The highest BCUT2D eigenvalue weighted by molar-refractivity contribution is 5.98. The van der Waals surface area contributed by atoms with Crippen LogP contribution in [-0.2, 0) is 39.9 Å². The second kappa shape index (κ2) is 23.7. The van der Waals surface area contributed by atoms with Gasteiger partial charge in [-0.25, -0.2) is 4.79 Å². The van der Waals surface area contributed by atoms with Gasteiger partial charge in [0.2, 0.25) is 29.5 Å². The molecule has 57 heavy (non-hydrogen) atoms. The largest absolute Gasteiger partial charge is 0.467 e. The number of esters is 1. The van der Waals surface area contributed by atoms with Crippen molar-refractivity contribution >= 4 is 41.4 Å². The Bertz CT molecular complexity index is 1630. The molecule has 0 fully saturated rings. The molecule has 0 aliphatic heterocycles. The lowest BCUT2D eigenvalue weighted by atomic mass is 10.0. The summed E-state index contributed by atoms with van der Waals surface area (Å²) < 4.78 is 5.37. The molecule has 0 radical (unpaired) electrons. The van der Waals surface area contributed by atoms with Crippen LogP contribution < -0.4 is 26.6 Å². The first-order chi connectivity index (χ1) is 26.9. The summed E-state index contributed by atoms with van der Waals surface area (Å²) in [4.78, 5) is 93.7. The highest BCUT2D eigenvalue weighted by Crippen LogP contribution is 2.12. The number of nitrogens with one attached hydrogen (secondary N) is 5. The Morgan fingerprint density at radius 3 is 1.86 bits per heavy atom. The van der Waals surface area contributed by atoms with Crippen LogP contribution >= 0.6 is 0 Å². The summed E-state index contributed by atoms with van der Waals surface area (Å²) in [5.74, 6) is -4.56. The minimum atomic E-state index is -1.34. The molecular weight excluding hydrogens is 734 g/mol. The monoisotopic (exact) mass is 796 g/mol. The molecule has 0 unspecified atom stereocenters. The molecule has 6 amide bonds. The molecule has 0 bridgehead atoms. The number of quaternary nitrogens is 1. The van der Waals surface area contributed by atoms with Gasteiger partial charge in [-0.15, -0.1) is 0 Å². The van der Waals surface area contributed by atoms with Gasteiger partial charge in [0.15, 0.2) is 6.04 Å². The maximum Gasteiger partial charge on any atom is 0.330 e. The minimum absolute atomic E-state index is 0.0708. The SMILES string of the molecule is COC(=O)[C@H](CO)NC(=O)[C@H](CCCC[N+](C)(C)C)NC(=O)[C@H](CC(C)C)NC(=O)[C@H](C)N(C)C(=O)[C@H](Cc1ccccc1)NC(=O)CNC(=O)c1ccccc1. The number of amides is 6. The number of ether oxygens (including phenoxy) is 1. The molecule has 6 N–H and O–H groups in total. The number of methoxy groups -OCH3 is 1. The molecule has 0 aromatic heterocycles.